The van der Waals surface area contributed by atoms with Crippen LogP contribution in [0, 0.1) is 0 Å². The number of aliphatic hydroxyl groups is 1. The first-order chi connectivity index (χ1) is 16.3. The number of aliphatic hydroxyl groups excluding tert-OH is 1. The average molecular weight is 501 g/mol. The number of nitrogens with zero attached hydrogens (tertiary/aromatic N) is 5. The molecule has 172 valence electrons. The highest BCUT2D eigenvalue weighted by Crippen LogP contribution is 2.40. The van der Waals surface area contributed by atoms with Crippen LogP contribution in [-0.4, -0.2) is 43.0 Å². The number of amidine groups is 1. The maximum Gasteiger partial charge on any atom is 0.345 e. The third kappa shape index (κ3) is 3.90. The Morgan fingerprint density at radius 1 is 1.12 bits per heavy atom. The number of amides is 2. The number of hydrogen-bond acceptors (Lipinski definition) is 8. The number of hydrogen-bond donors (Lipinski definition) is 4. The fourth-order valence-electron chi connectivity index (χ4n) is 3.24. The van der Waals surface area contributed by atoms with Crippen molar-refractivity contribution < 1.29 is 14.6 Å². The van der Waals surface area contributed by atoms with Crippen LogP contribution < -0.4 is 26.4 Å². The third-order valence-electron chi connectivity index (χ3n) is 4.87. The molecule has 2 amide bonds. The van der Waals surface area contributed by atoms with Gasteiger partial charge in [-0.05, 0) is 24.3 Å². The minimum absolute atomic E-state index is 0.0211. The summed E-state index contributed by atoms with van der Waals surface area (Å²) in [6.07, 6.45) is 1.95. The second-order valence-electron chi connectivity index (χ2n) is 7.10. The van der Waals surface area contributed by atoms with Crippen LogP contribution in [0.1, 0.15) is 0 Å². The number of carbonyl (C=O) groups excluding carboxylic acids is 1. The minimum Gasteiger partial charge on any atom is -0.434 e. The summed E-state index contributed by atoms with van der Waals surface area (Å²) in [7, 11) is 0. The first-order valence-electron chi connectivity index (χ1n) is 9.63. The van der Waals surface area contributed by atoms with Gasteiger partial charge < -0.3 is 20.9 Å². The van der Waals surface area contributed by atoms with Crippen molar-refractivity contribution in [3.05, 3.63) is 69.2 Å². The van der Waals surface area contributed by atoms with Crippen molar-refractivity contribution in [3.8, 4) is 22.8 Å². The molecule has 1 aliphatic rings. The quantitative estimate of drug-likeness (QED) is 0.333. The average Bonchev–Trinajstić information content (AvgIpc) is 3.27. The van der Waals surface area contributed by atoms with E-state index in [1.165, 1.54) is 18.2 Å². The lowest BCUT2D eigenvalue weighted by Crippen LogP contribution is -2.54. The van der Waals surface area contributed by atoms with Gasteiger partial charge in [0.25, 0.3) is 5.56 Å². The number of urea groups is 1. The molecule has 1 aliphatic heterocycles. The fraction of sp³-hybridized carbons (Fsp3) is 0.0500. The maximum absolute atomic E-state index is 12.4. The molecule has 3 aromatic heterocycles. The maximum atomic E-state index is 12.4. The number of H-pyrrole nitrogens is 1. The molecule has 34 heavy (non-hydrogen) atoms. The number of aromatic nitrogens is 4. The second-order valence-corrected chi connectivity index (χ2v) is 7.91. The standard InChI is InChI=1S/C20H14Cl2N8O4/c21-13-5-11(30-20(33)25-19(32)17(23)28-30)6-14(22)16(13)34-15-7-12(18(31)27-26-15)9-1-2-10-3-4-24-29(10)8-9/h1-8,19,32H,(H2,23,28)(H,25,33)(H,27,31). The topological polar surface area (TPSA) is 163 Å². The van der Waals surface area contributed by atoms with E-state index in [9.17, 15) is 14.7 Å². The summed E-state index contributed by atoms with van der Waals surface area (Å²) in [6, 6.07) is 8.87. The zero-order valence-corrected chi connectivity index (χ0v) is 18.4. The van der Waals surface area contributed by atoms with Crippen molar-refractivity contribution in [2.75, 3.05) is 5.01 Å². The lowest BCUT2D eigenvalue weighted by atomic mass is 10.1. The Balaban J connectivity index is 1.47. The number of ether oxygens (including phenoxy) is 1. The first kappa shape index (κ1) is 21.7. The van der Waals surface area contributed by atoms with Crippen LogP contribution in [0.3, 0.4) is 0 Å². The normalized spacial score (nSPS) is 15.9. The van der Waals surface area contributed by atoms with Gasteiger partial charge >= 0.3 is 6.03 Å². The number of anilines is 1. The first-order valence-corrected chi connectivity index (χ1v) is 10.4. The van der Waals surface area contributed by atoms with Crippen molar-refractivity contribution in [3.63, 3.8) is 0 Å². The number of pyridine rings is 1. The predicted octanol–water partition coefficient (Wildman–Crippen LogP) is 2.30. The smallest absolute Gasteiger partial charge is 0.345 e. The molecule has 1 unspecified atom stereocenters. The van der Waals surface area contributed by atoms with Crippen LogP contribution in [0.5, 0.6) is 11.6 Å². The lowest BCUT2D eigenvalue weighted by molar-refractivity contribution is 0.188. The van der Waals surface area contributed by atoms with E-state index in [2.05, 4.69) is 25.7 Å². The molecule has 0 saturated heterocycles. The van der Waals surface area contributed by atoms with Gasteiger partial charge in [0.2, 0.25) is 5.88 Å². The Morgan fingerprint density at radius 3 is 2.65 bits per heavy atom. The van der Waals surface area contributed by atoms with E-state index >= 15 is 0 Å². The number of benzene rings is 1. The summed E-state index contributed by atoms with van der Waals surface area (Å²) in [6.45, 7) is 0. The van der Waals surface area contributed by atoms with Crippen molar-refractivity contribution in [1.29, 1.82) is 0 Å². The van der Waals surface area contributed by atoms with Gasteiger partial charge in [0.1, 0.15) is 0 Å². The Kier molecular flexibility index (Phi) is 5.32. The van der Waals surface area contributed by atoms with Crippen molar-refractivity contribution in [2.24, 2.45) is 10.8 Å². The fourth-order valence-corrected chi connectivity index (χ4v) is 3.79. The molecule has 4 aromatic rings. The molecule has 12 nitrogen and oxygen atoms in total. The number of rotatable bonds is 4. The predicted molar refractivity (Wildman–Crippen MR) is 124 cm³/mol. The van der Waals surface area contributed by atoms with Gasteiger partial charge in [-0.3, -0.25) is 4.79 Å². The number of carbonyl (C=O) groups is 1. The number of nitrogens with two attached hydrogens (primary N) is 1. The van der Waals surface area contributed by atoms with E-state index in [4.69, 9.17) is 33.7 Å². The summed E-state index contributed by atoms with van der Waals surface area (Å²) in [5, 5.41) is 27.0. The monoisotopic (exact) mass is 500 g/mol. The summed E-state index contributed by atoms with van der Waals surface area (Å²) in [4.78, 5) is 24.5. The van der Waals surface area contributed by atoms with Crippen molar-refractivity contribution >= 4 is 46.3 Å². The summed E-state index contributed by atoms with van der Waals surface area (Å²) < 4.78 is 7.38. The molecule has 0 saturated carbocycles. The van der Waals surface area contributed by atoms with E-state index in [1.54, 1.807) is 23.0 Å². The number of aromatic amines is 1. The molecule has 0 aliphatic carbocycles. The molecule has 14 heteroatoms. The van der Waals surface area contributed by atoms with Gasteiger partial charge in [-0.25, -0.2) is 14.4 Å². The zero-order valence-electron chi connectivity index (χ0n) is 16.9. The Morgan fingerprint density at radius 2 is 1.88 bits per heavy atom. The van der Waals surface area contributed by atoms with E-state index in [-0.39, 0.29) is 33.2 Å². The second kappa shape index (κ2) is 8.33. The minimum atomic E-state index is -1.40. The van der Waals surface area contributed by atoms with Crippen molar-refractivity contribution in [2.45, 2.75) is 6.23 Å². The van der Waals surface area contributed by atoms with Crippen LogP contribution in [0.4, 0.5) is 10.5 Å². The highest BCUT2D eigenvalue weighted by molar-refractivity contribution is 6.37. The highest BCUT2D eigenvalue weighted by Gasteiger charge is 2.27. The molecule has 5 rings (SSSR count). The van der Waals surface area contributed by atoms with Crippen LogP contribution >= 0.6 is 23.2 Å². The molecule has 0 radical (unpaired) electrons. The van der Waals surface area contributed by atoms with Crippen LogP contribution in [0.25, 0.3) is 16.6 Å². The Hall–Kier alpha value is -4.13. The van der Waals surface area contributed by atoms with Gasteiger partial charge in [-0.15, -0.1) is 10.2 Å². The molecule has 4 heterocycles. The van der Waals surface area contributed by atoms with E-state index < -0.39 is 17.8 Å². The molecule has 1 atom stereocenters. The third-order valence-corrected chi connectivity index (χ3v) is 5.43. The summed E-state index contributed by atoms with van der Waals surface area (Å²) in [5.74, 6) is -0.159. The number of fused-ring (bicyclic) bond motifs is 1. The van der Waals surface area contributed by atoms with Gasteiger partial charge in [-0.1, -0.05) is 29.3 Å². The van der Waals surface area contributed by atoms with Crippen LogP contribution in [-0.2, 0) is 0 Å². The molecule has 5 N–H and O–H groups in total. The molecule has 0 spiro atoms. The van der Waals surface area contributed by atoms with Gasteiger partial charge in [-0.2, -0.15) is 10.1 Å². The highest BCUT2D eigenvalue weighted by atomic mass is 35.5. The van der Waals surface area contributed by atoms with E-state index in [0.717, 1.165) is 10.5 Å². The number of halogens is 2. The Labute approximate surface area is 200 Å². The summed E-state index contributed by atoms with van der Waals surface area (Å²) >= 11 is 12.7. The molecule has 1 aromatic carbocycles. The zero-order chi connectivity index (χ0) is 24.0. The number of hydrazone groups is 1. The Bertz CT molecular complexity index is 1510. The number of nitrogens with one attached hydrogen (secondary N) is 2. The largest absolute Gasteiger partial charge is 0.434 e. The van der Waals surface area contributed by atoms with Gasteiger partial charge in [0.15, 0.2) is 17.8 Å². The SMILES string of the molecule is NC1=NN(c2cc(Cl)c(Oc3cc(-c4ccc5ccnn5c4)c(=O)[nH]n3)c(Cl)c2)C(=O)NC1O. The lowest BCUT2D eigenvalue weighted by Gasteiger charge is -2.26. The molecule has 0 fully saturated rings. The van der Waals surface area contributed by atoms with E-state index in [1.807, 2.05) is 12.1 Å². The van der Waals surface area contributed by atoms with E-state index in [0.29, 0.717) is 11.1 Å². The molecular formula is C20H14Cl2N8O4. The molecule has 0 bridgehead atoms. The van der Waals surface area contributed by atoms with Gasteiger partial charge in [0, 0.05) is 24.0 Å². The van der Waals surface area contributed by atoms with Gasteiger partial charge in [0.05, 0.1) is 26.8 Å². The van der Waals surface area contributed by atoms with Crippen molar-refractivity contribution in [1.82, 2.24) is 25.1 Å². The summed E-state index contributed by atoms with van der Waals surface area (Å²) in [5.41, 5.74) is 7.08. The van der Waals surface area contributed by atoms with Crippen LogP contribution in [0.15, 0.2) is 58.7 Å². The van der Waals surface area contributed by atoms with Crippen LogP contribution in [0.2, 0.25) is 10.0 Å². The molecular weight excluding hydrogens is 487 g/mol.